The number of ether oxygens (including phenoxy) is 1. The topological polar surface area (TPSA) is 84.3 Å². The van der Waals surface area contributed by atoms with Crippen molar-refractivity contribution in [2.75, 3.05) is 13.2 Å². The molecule has 2 aromatic rings. The smallest absolute Gasteiger partial charge is 0.331 e. The van der Waals surface area contributed by atoms with Gasteiger partial charge in [-0.05, 0) is 43.5 Å². The van der Waals surface area contributed by atoms with E-state index in [4.69, 9.17) is 9.84 Å². The van der Waals surface area contributed by atoms with E-state index in [9.17, 15) is 9.59 Å². The number of nitrogens with one attached hydrogen (secondary N) is 1. The van der Waals surface area contributed by atoms with Crippen LogP contribution in [0.3, 0.4) is 0 Å². The number of aliphatic hydroxyl groups is 1. The third-order valence-electron chi connectivity index (χ3n) is 3.46. The Morgan fingerprint density at radius 3 is 2.46 bits per heavy atom. The number of benzene rings is 1. The van der Waals surface area contributed by atoms with Gasteiger partial charge in [0.2, 0.25) is 0 Å². The normalized spacial score (nSPS) is 11.0. The van der Waals surface area contributed by atoms with Crippen LogP contribution in [0.1, 0.15) is 23.6 Å². The Balaban J connectivity index is 2.51. The van der Waals surface area contributed by atoms with E-state index >= 15 is 0 Å². The number of aromatic amines is 1. The Bertz CT molecular complexity index is 806. The SMILES string of the molecule is CCc1c(Sc2cc(C)cc(C)c2)n(COCCO)c(=O)[nH]c1=O. The number of H-pyrrole nitrogens is 1. The molecular formula is C17H22N2O4S. The van der Waals surface area contributed by atoms with E-state index < -0.39 is 5.69 Å². The van der Waals surface area contributed by atoms with Crippen LogP contribution < -0.4 is 11.2 Å². The highest BCUT2D eigenvalue weighted by atomic mass is 32.2. The first kappa shape index (κ1) is 18.5. The van der Waals surface area contributed by atoms with Crippen LogP contribution in [0.25, 0.3) is 0 Å². The van der Waals surface area contributed by atoms with Gasteiger partial charge in [0.05, 0.1) is 18.2 Å². The molecule has 0 fully saturated rings. The molecule has 1 aromatic carbocycles. The number of aromatic nitrogens is 2. The summed E-state index contributed by atoms with van der Waals surface area (Å²) in [4.78, 5) is 27.6. The van der Waals surface area contributed by atoms with Gasteiger partial charge in [0.15, 0.2) is 0 Å². The predicted octanol–water partition coefficient (Wildman–Crippen LogP) is 1.83. The molecule has 2 N–H and O–H groups in total. The molecule has 7 heteroatoms. The second-order valence-corrected chi connectivity index (χ2v) is 6.57. The van der Waals surface area contributed by atoms with Crippen LogP contribution in [0.2, 0.25) is 0 Å². The van der Waals surface area contributed by atoms with E-state index in [1.807, 2.05) is 32.9 Å². The van der Waals surface area contributed by atoms with Gasteiger partial charge in [0, 0.05) is 10.5 Å². The van der Waals surface area contributed by atoms with Gasteiger partial charge in [0.1, 0.15) is 6.73 Å². The molecule has 0 aliphatic heterocycles. The van der Waals surface area contributed by atoms with E-state index in [2.05, 4.69) is 11.1 Å². The van der Waals surface area contributed by atoms with Crippen LogP contribution in [0.5, 0.6) is 0 Å². The summed E-state index contributed by atoms with van der Waals surface area (Å²) in [6.45, 7) is 5.87. The highest BCUT2D eigenvalue weighted by molar-refractivity contribution is 7.99. The number of rotatable bonds is 7. The molecule has 1 aromatic heterocycles. The van der Waals surface area contributed by atoms with Gasteiger partial charge in [-0.3, -0.25) is 14.3 Å². The number of aliphatic hydroxyl groups excluding tert-OH is 1. The maximum Gasteiger partial charge on any atom is 0.331 e. The molecule has 0 atom stereocenters. The third kappa shape index (κ3) is 4.37. The van der Waals surface area contributed by atoms with Gasteiger partial charge in [0.25, 0.3) is 5.56 Å². The summed E-state index contributed by atoms with van der Waals surface area (Å²) in [5.41, 5.74) is 1.90. The first-order valence-electron chi connectivity index (χ1n) is 7.77. The van der Waals surface area contributed by atoms with Crippen molar-refractivity contribution in [2.45, 2.75) is 43.8 Å². The summed E-state index contributed by atoms with van der Waals surface area (Å²) >= 11 is 1.38. The maximum atomic E-state index is 12.2. The molecule has 0 radical (unpaired) electrons. The van der Waals surface area contributed by atoms with Crippen molar-refractivity contribution in [3.05, 3.63) is 55.7 Å². The number of hydrogen-bond donors (Lipinski definition) is 2. The van der Waals surface area contributed by atoms with Gasteiger partial charge in [-0.15, -0.1) is 0 Å². The summed E-state index contributed by atoms with van der Waals surface area (Å²) in [7, 11) is 0. The zero-order chi connectivity index (χ0) is 17.7. The van der Waals surface area contributed by atoms with Crippen molar-refractivity contribution in [1.82, 2.24) is 9.55 Å². The molecule has 6 nitrogen and oxygen atoms in total. The lowest BCUT2D eigenvalue weighted by Crippen LogP contribution is -2.34. The molecule has 0 bridgehead atoms. The van der Waals surface area contributed by atoms with E-state index in [0.29, 0.717) is 17.0 Å². The fourth-order valence-electron chi connectivity index (χ4n) is 2.46. The molecule has 24 heavy (non-hydrogen) atoms. The highest BCUT2D eigenvalue weighted by Gasteiger charge is 2.15. The Kier molecular flexibility index (Phi) is 6.42. The molecule has 0 amide bonds. The number of aryl methyl sites for hydroxylation is 2. The van der Waals surface area contributed by atoms with Crippen molar-refractivity contribution in [1.29, 1.82) is 0 Å². The maximum absolute atomic E-state index is 12.2. The molecule has 0 saturated heterocycles. The van der Waals surface area contributed by atoms with Crippen molar-refractivity contribution in [3.8, 4) is 0 Å². The van der Waals surface area contributed by atoms with Crippen molar-refractivity contribution >= 4 is 11.8 Å². The lowest BCUT2D eigenvalue weighted by atomic mass is 10.2. The summed E-state index contributed by atoms with van der Waals surface area (Å²) in [6.07, 6.45) is 0.503. The van der Waals surface area contributed by atoms with Crippen LogP contribution >= 0.6 is 11.8 Å². The quantitative estimate of drug-likeness (QED) is 0.588. The highest BCUT2D eigenvalue weighted by Crippen LogP contribution is 2.30. The fourth-order valence-corrected chi connectivity index (χ4v) is 3.78. The van der Waals surface area contributed by atoms with Crippen molar-refractivity contribution in [2.24, 2.45) is 0 Å². The number of hydrogen-bond acceptors (Lipinski definition) is 5. The molecule has 0 spiro atoms. The summed E-state index contributed by atoms with van der Waals surface area (Å²) < 4.78 is 6.69. The van der Waals surface area contributed by atoms with Gasteiger partial charge >= 0.3 is 5.69 Å². The van der Waals surface area contributed by atoms with Crippen LogP contribution in [-0.2, 0) is 17.9 Å². The minimum absolute atomic E-state index is 0.0176. The van der Waals surface area contributed by atoms with Crippen LogP contribution in [-0.4, -0.2) is 27.9 Å². The Morgan fingerprint density at radius 2 is 1.88 bits per heavy atom. The summed E-state index contributed by atoms with van der Waals surface area (Å²) in [5, 5.41) is 9.43. The Hall–Kier alpha value is -1.83. The zero-order valence-corrected chi connectivity index (χ0v) is 14.9. The largest absolute Gasteiger partial charge is 0.394 e. The lowest BCUT2D eigenvalue weighted by molar-refractivity contribution is 0.0411. The average molecular weight is 350 g/mol. The Labute approximate surface area is 144 Å². The van der Waals surface area contributed by atoms with E-state index in [0.717, 1.165) is 16.0 Å². The second kappa shape index (κ2) is 8.32. The van der Waals surface area contributed by atoms with Crippen molar-refractivity contribution in [3.63, 3.8) is 0 Å². The molecule has 0 unspecified atom stereocenters. The van der Waals surface area contributed by atoms with Crippen LogP contribution in [0.15, 0.2) is 37.7 Å². The summed E-state index contributed by atoms with van der Waals surface area (Å²) in [6, 6.07) is 6.10. The third-order valence-corrected chi connectivity index (χ3v) is 4.59. The first-order valence-corrected chi connectivity index (χ1v) is 8.58. The molecule has 0 aliphatic carbocycles. The molecule has 0 aliphatic rings. The molecule has 130 valence electrons. The average Bonchev–Trinajstić information content (AvgIpc) is 2.49. The van der Waals surface area contributed by atoms with E-state index in [1.165, 1.54) is 16.3 Å². The number of nitrogens with zero attached hydrogens (tertiary/aromatic N) is 1. The van der Waals surface area contributed by atoms with Gasteiger partial charge in [-0.25, -0.2) is 4.79 Å². The molecule has 0 saturated carbocycles. The molecule has 2 rings (SSSR count). The first-order chi connectivity index (χ1) is 11.5. The van der Waals surface area contributed by atoms with Crippen molar-refractivity contribution < 1.29 is 9.84 Å². The van der Waals surface area contributed by atoms with Gasteiger partial charge in [-0.1, -0.05) is 24.8 Å². The molecule has 1 heterocycles. The minimum atomic E-state index is -0.512. The van der Waals surface area contributed by atoms with Crippen LogP contribution in [0.4, 0.5) is 0 Å². The fraction of sp³-hybridized carbons (Fsp3) is 0.412. The van der Waals surface area contributed by atoms with E-state index in [1.54, 1.807) is 0 Å². The van der Waals surface area contributed by atoms with Crippen LogP contribution in [0, 0.1) is 13.8 Å². The minimum Gasteiger partial charge on any atom is -0.394 e. The lowest BCUT2D eigenvalue weighted by Gasteiger charge is -2.15. The predicted molar refractivity (Wildman–Crippen MR) is 93.8 cm³/mol. The zero-order valence-electron chi connectivity index (χ0n) is 14.1. The standard InChI is InChI=1S/C17H22N2O4S/c1-4-14-15(21)18-17(22)19(10-23-6-5-20)16(14)24-13-8-11(2)7-12(3)9-13/h7-9,20H,4-6,10H2,1-3H3,(H,18,21,22). The van der Waals surface area contributed by atoms with E-state index in [-0.39, 0.29) is 25.5 Å². The monoisotopic (exact) mass is 350 g/mol. The molecular weight excluding hydrogens is 328 g/mol. The Morgan fingerprint density at radius 1 is 1.21 bits per heavy atom. The van der Waals surface area contributed by atoms with Gasteiger partial charge < -0.3 is 9.84 Å². The second-order valence-electron chi connectivity index (χ2n) is 5.51. The summed E-state index contributed by atoms with van der Waals surface area (Å²) in [5.74, 6) is 0. The van der Waals surface area contributed by atoms with Gasteiger partial charge in [-0.2, -0.15) is 0 Å².